The maximum absolute atomic E-state index is 13.0. The molecule has 27 heavy (non-hydrogen) atoms. The number of amides is 1. The Morgan fingerprint density at radius 1 is 1.04 bits per heavy atom. The van der Waals surface area contributed by atoms with E-state index in [0.29, 0.717) is 11.3 Å². The first-order valence-electron chi connectivity index (χ1n) is 8.09. The molecule has 0 saturated heterocycles. The molecule has 1 amide bonds. The van der Waals surface area contributed by atoms with Crippen molar-refractivity contribution in [3.05, 3.63) is 53.6 Å². The van der Waals surface area contributed by atoms with Crippen molar-refractivity contribution >= 4 is 11.6 Å². The van der Waals surface area contributed by atoms with E-state index in [1.165, 1.54) is 20.3 Å². The molecule has 0 aliphatic heterocycles. The van der Waals surface area contributed by atoms with Crippen LogP contribution in [-0.4, -0.2) is 33.3 Å². The molecule has 1 N–H and O–H groups in total. The zero-order valence-corrected chi connectivity index (χ0v) is 14.9. The predicted octanol–water partition coefficient (Wildman–Crippen LogP) is 3.92. The lowest BCUT2D eigenvalue weighted by Crippen LogP contribution is -2.17. The van der Waals surface area contributed by atoms with Gasteiger partial charge in [0.15, 0.2) is 0 Å². The van der Waals surface area contributed by atoms with Gasteiger partial charge in [-0.2, -0.15) is 13.2 Å². The van der Waals surface area contributed by atoms with E-state index in [1.807, 2.05) is 0 Å². The third-order valence-electron chi connectivity index (χ3n) is 3.65. The number of hydrogen-bond donors (Lipinski definition) is 1. The molecule has 2 aromatic carbocycles. The second kappa shape index (κ2) is 9.27. The van der Waals surface area contributed by atoms with Gasteiger partial charge in [-0.3, -0.25) is 4.79 Å². The van der Waals surface area contributed by atoms with Crippen LogP contribution in [0.1, 0.15) is 11.1 Å². The lowest BCUT2D eigenvalue weighted by molar-refractivity contribution is -0.137. The van der Waals surface area contributed by atoms with E-state index in [4.69, 9.17) is 14.2 Å². The molecule has 2 aromatic rings. The topological polar surface area (TPSA) is 56.8 Å². The minimum Gasteiger partial charge on any atom is -0.497 e. The minimum atomic E-state index is -4.53. The first-order valence-corrected chi connectivity index (χ1v) is 8.09. The molecule has 0 radical (unpaired) electrons. The molecule has 2 rings (SSSR count). The molecule has 0 aliphatic carbocycles. The largest absolute Gasteiger partial charge is 0.497 e. The average molecular weight is 383 g/mol. The molecular weight excluding hydrogens is 363 g/mol. The van der Waals surface area contributed by atoms with Crippen LogP contribution in [0, 0.1) is 0 Å². The summed E-state index contributed by atoms with van der Waals surface area (Å²) < 4.78 is 54.2. The SMILES string of the molecule is COCCOc1ccc(C(F)(F)F)cc1NC(=O)Cc1ccc(OC)cc1. The van der Waals surface area contributed by atoms with Gasteiger partial charge in [0.05, 0.1) is 31.4 Å². The van der Waals surface area contributed by atoms with Gasteiger partial charge in [0.2, 0.25) is 5.91 Å². The van der Waals surface area contributed by atoms with Crippen LogP contribution in [0.4, 0.5) is 18.9 Å². The highest BCUT2D eigenvalue weighted by atomic mass is 19.4. The van der Waals surface area contributed by atoms with E-state index in [1.54, 1.807) is 24.3 Å². The van der Waals surface area contributed by atoms with Crippen molar-refractivity contribution in [3.63, 3.8) is 0 Å². The normalized spacial score (nSPS) is 11.1. The number of methoxy groups -OCH3 is 2. The number of halogens is 3. The van der Waals surface area contributed by atoms with Crippen molar-refractivity contribution in [2.45, 2.75) is 12.6 Å². The molecule has 0 aromatic heterocycles. The highest BCUT2D eigenvalue weighted by molar-refractivity contribution is 5.93. The summed E-state index contributed by atoms with van der Waals surface area (Å²) in [6.45, 7) is 0.406. The van der Waals surface area contributed by atoms with Gasteiger partial charge >= 0.3 is 6.18 Å². The summed E-state index contributed by atoms with van der Waals surface area (Å²) in [6, 6.07) is 9.76. The van der Waals surface area contributed by atoms with Crippen LogP contribution in [0.25, 0.3) is 0 Å². The number of ether oxygens (including phenoxy) is 3. The number of alkyl halides is 3. The van der Waals surface area contributed by atoms with Crippen LogP contribution >= 0.6 is 0 Å². The maximum atomic E-state index is 13.0. The van der Waals surface area contributed by atoms with Crippen molar-refractivity contribution in [2.24, 2.45) is 0 Å². The van der Waals surface area contributed by atoms with E-state index >= 15 is 0 Å². The molecule has 0 aliphatic rings. The molecule has 0 bridgehead atoms. The first-order chi connectivity index (χ1) is 12.8. The van der Waals surface area contributed by atoms with Crippen LogP contribution in [-0.2, 0) is 22.1 Å². The fraction of sp³-hybridized carbons (Fsp3) is 0.316. The van der Waals surface area contributed by atoms with Gasteiger partial charge < -0.3 is 19.5 Å². The van der Waals surface area contributed by atoms with Gasteiger partial charge in [0.1, 0.15) is 18.1 Å². The minimum absolute atomic E-state index is 0.00223. The second-order valence-corrected chi connectivity index (χ2v) is 5.62. The van der Waals surface area contributed by atoms with Crippen LogP contribution in [0.2, 0.25) is 0 Å². The number of carbonyl (C=O) groups excluding carboxylic acids is 1. The summed E-state index contributed by atoms with van der Waals surface area (Å²) in [5.41, 5.74) is -0.220. The van der Waals surface area contributed by atoms with Crippen LogP contribution in [0.3, 0.4) is 0 Å². The van der Waals surface area contributed by atoms with Crippen molar-refractivity contribution < 1.29 is 32.2 Å². The summed E-state index contributed by atoms with van der Waals surface area (Å²) in [5.74, 6) is 0.324. The van der Waals surface area contributed by atoms with E-state index in [0.717, 1.165) is 12.1 Å². The zero-order valence-electron chi connectivity index (χ0n) is 14.9. The molecule has 5 nitrogen and oxygen atoms in total. The quantitative estimate of drug-likeness (QED) is 0.702. The van der Waals surface area contributed by atoms with Crippen molar-refractivity contribution in [1.29, 1.82) is 0 Å². The van der Waals surface area contributed by atoms with Crippen LogP contribution in [0.15, 0.2) is 42.5 Å². The van der Waals surface area contributed by atoms with Gasteiger partial charge in [-0.1, -0.05) is 12.1 Å². The molecular formula is C19H20F3NO4. The van der Waals surface area contributed by atoms with E-state index in [-0.39, 0.29) is 31.1 Å². The Labute approximate surface area is 155 Å². The lowest BCUT2D eigenvalue weighted by Gasteiger charge is -2.15. The number of rotatable bonds is 8. The smallest absolute Gasteiger partial charge is 0.416 e. The average Bonchev–Trinajstić information content (AvgIpc) is 2.62. The summed E-state index contributed by atoms with van der Waals surface area (Å²) in [6.07, 6.45) is -4.53. The number of hydrogen-bond acceptors (Lipinski definition) is 4. The standard InChI is InChI=1S/C19H20F3NO4/c1-25-9-10-27-17-8-5-14(19(20,21)22)12-16(17)23-18(24)11-13-3-6-15(26-2)7-4-13/h3-8,12H,9-11H2,1-2H3,(H,23,24). The number of nitrogens with one attached hydrogen (secondary N) is 1. The summed E-state index contributed by atoms with van der Waals surface area (Å²) in [4.78, 5) is 12.3. The maximum Gasteiger partial charge on any atom is 0.416 e. The lowest BCUT2D eigenvalue weighted by atomic mass is 10.1. The Morgan fingerprint density at radius 3 is 2.33 bits per heavy atom. The van der Waals surface area contributed by atoms with E-state index in [9.17, 15) is 18.0 Å². The summed E-state index contributed by atoms with van der Waals surface area (Å²) >= 11 is 0. The predicted molar refractivity (Wildman–Crippen MR) is 94.1 cm³/mol. The van der Waals surface area contributed by atoms with Gasteiger partial charge in [-0.25, -0.2) is 0 Å². The molecule has 0 spiro atoms. The monoisotopic (exact) mass is 383 g/mol. The van der Waals surface area contributed by atoms with Crippen molar-refractivity contribution in [3.8, 4) is 11.5 Å². The Hall–Kier alpha value is -2.74. The highest BCUT2D eigenvalue weighted by Gasteiger charge is 2.31. The first kappa shape index (κ1) is 20.6. The van der Waals surface area contributed by atoms with Gasteiger partial charge in [0, 0.05) is 7.11 Å². The molecule has 8 heteroatoms. The van der Waals surface area contributed by atoms with Gasteiger partial charge in [-0.05, 0) is 35.9 Å². The van der Waals surface area contributed by atoms with Gasteiger partial charge in [-0.15, -0.1) is 0 Å². The van der Waals surface area contributed by atoms with Crippen LogP contribution in [0.5, 0.6) is 11.5 Å². The molecule has 0 saturated carbocycles. The highest BCUT2D eigenvalue weighted by Crippen LogP contribution is 2.35. The zero-order chi connectivity index (χ0) is 19.9. The Bertz CT molecular complexity index is 761. The van der Waals surface area contributed by atoms with E-state index in [2.05, 4.69) is 5.32 Å². The summed E-state index contributed by atoms with van der Waals surface area (Å²) in [5, 5.41) is 2.49. The van der Waals surface area contributed by atoms with Crippen molar-refractivity contribution in [2.75, 3.05) is 32.8 Å². The summed E-state index contributed by atoms with van der Waals surface area (Å²) in [7, 11) is 3.01. The number of benzene rings is 2. The third kappa shape index (κ3) is 6.18. The molecule has 146 valence electrons. The second-order valence-electron chi connectivity index (χ2n) is 5.62. The number of anilines is 1. The van der Waals surface area contributed by atoms with E-state index < -0.39 is 17.6 Å². The molecule has 0 atom stereocenters. The fourth-order valence-electron chi connectivity index (χ4n) is 2.29. The Balaban J connectivity index is 2.15. The van der Waals surface area contributed by atoms with Crippen molar-refractivity contribution in [1.82, 2.24) is 0 Å². The fourth-order valence-corrected chi connectivity index (χ4v) is 2.29. The number of carbonyl (C=O) groups is 1. The molecule has 0 heterocycles. The third-order valence-corrected chi connectivity index (χ3v) is 3.65. The van der Waals surface area contributed by atoms with Crippen LogP contribution < -0.4 is 14.8 Å². The Kier molecular flexibility index (Phi) is 7.06. The Morgan fingerprint density at radius 2 is 1.74 bits per heavy atom. The van der Waals surface area contributed by atoms with Gasteiger partial charge in [0.25, 0.3) is 0 Å². The molecule has 0 fully saturated rings. The molecule has 0 unspecified atom stereocenters.